The second kappa shape index (κ2) is 7.22. The maximum atomic E-state index is 9.85. The Kier molecular flexibility index (Phi) is 4.63. The van der Waals surface area contributed by atoms with Crippen LogP contribution in [0.25, 0.3) is 0 Å². The van der Waals surface area contributed by atoms with Gasteiger partial charge in [0.2, 0.25) is 0 Å². The van der Waals surface area contributed by atoms with Crippen LogP contribution in [0.15, 0.2) is 115 Å². The average molecular weight is 397 g/mol. The molecule has 1 nitrogen and oxygen atoms in total. The topological polar surface area (TPSA) is 20.2 Å². The summed E-state index contributed by atoms with van der Waals surface area (Å²) in [6.07, 6.45) is 0. The van der Waals surface area contributed by atoms with Gasteiger partial charge in [0.25, 0.3) is 0 Å². The molecule has 0 spiro atoms. The molecule has 26 heavy (non-hydrogen) atoms. The maximum absolute atomic E-state index is 9.85. The van der Waals surface area contributed by atoms with Crippen molar-refractivity contribution in [1.29, 1.82) is 0 Å². The fourth-order valence-corrected chi connectivity index (χ4v) is 13.7. The van der Waals surface area contributed by atoms with E-state index >= 15 is 0 Å². The molecule has 0 fully saturated rings. The van der Waals surface area contributed by atoms with Crippen LogP contribution in [0.1, 0.15) is 0 Å². The number of rotatable bonds is 4. The summed E-state index contributed by atoms with van der Waals surface area (Å²) >= 11 is -3.13. The summed E-state index contributed by atoms with van der Waals surface area (Å²) in [5, 5.41) is 9.85. The number of phenols is 1. The SMILES string of the molecule is Oc1cc[c]([Ge]([c]2ccccc2)([c]2ccccc2)[c]2ccccc2)cc1. The zero-order valence-electron chi connectivity index (χ0n) is 14.4. The van der Waals surface area contributed by atoms with Crippen molar-refractivity contribution in [2.24, 2.45) is 0 Å². The van der Waals surface area contributed by atoms with Crippen LogP contribution in [-0.2, 0) is 0 Å². The molecule has 0 saturated heterocycles. The summed E-state index contributed by atoms with van der Waals surface area (Å²) < 4.78 is 5.47. The van der Waals surface area contributed by atoms with Gasteiger partial charge < -0.3 is 0 Å². The fourth-order valence-electron chi connectivity index (χ4n) is 3.78. The van der Waals surface area contributed by atoms with Gasteiger partial charge in [-0.3, -0.25) is 0 Å². The van der Waals surface area contributed by atoms with E-state index in [2.05, 4.69) is 103 Å². The second-order valence-corrected chi connectivity index (χ2v) is 14.4. The summed E-state index contributed by atoms with van der Waals surface area (Å²) in [5.74, 6) is 0.305. The van der Waals surface area contributed by atoms with E-state index in [1.54, 1.807) is 0 Å². The zero-order chi connectivity index (χ0) is 17.8. The predicted octanol–water partition coefficient (Wildman–Crippen LogP) is 2.77. The first-order chi connectivity index (χ1) is 12.8. The average Bonchev–Trinajstić information content (AvgIpc) is 2.72. The summed E-state index contributed by atoms with van der Waals surface area (Å²) in [6, 6.07) is 40.3. The monoisotopic (exact) mass is 398 g/mol. The van der Waals surface area contributed by atoms with Gasteiger partial charge in [0.05, 0.1) is 0 Å². The molecule has 4 rings (SSSR count). The van der Waals surface area contributed by atoms with Gasteiger partial charge >= 0.3 is 157 Å². The van der Waals surface area contributed by atoms with E-state index in [1.807, 2.05) is 12.1 Å². The molecule has 0 unspecified atom stereocenters. The van der Waals surface area contributed by atoms with Gasteiger partial charge in [-0.2, -0.15) is 0 Å². The molecule has 0 atom stereocenters. The van der Waals surface area contributed by atoms with Crippen LogP contribution in [0.2, 0.25) is 0 Å². The first kappa shape index (κ1) is 16.7. The van der Waals surface area contributed by atoms with E-state index in [0.29, 0.717) is 5.75 Å². The van der Waals surface area contributed by atoms with E-state index in [4.69, 9.17) is 0 Å². The van der Waals surface area contributed by atoms with Crippen LogP contribution in [-0.4, -0.2) is 18.4 Å². The third kappa shape index (κ3) is 2.85. The summed E-state index contributed by atoms with van der Waals surface area (Å²) in [6.45, 7) is 0. The van der Waals surface area contributed by atoms with Gasteiger partial charge in [-0.25, -0.2) is 0 Å². The van der Waals surface area contributed by atoms with E-state index in [-0.39, 0.29) is 0 Å². The Bertz CT molecular complexity index is 868. The molecule has 0 saturated carbocycles. The van der Waals surface area contributed by atoms with Gasteiger partial charge in [0.1, 0.15) is 0 Å². The number of benzene rings is 4. The summed E-state index contributed by atoms with van der Waals surface area (Å²) in [7, 11) is 0. The number of aromatic hydroxyl groups is 1. The molecule has 126 valence electrons. The summed E-state index contributed by atoms with van der Waals surface area (Å²) in [5.41, 5.74) is 0. The molecule has 0 aliphatic rings. The van der Waals surface area contributed by atoms with Gasteiger partial charge in [0, 0.05) is 0 Å². The van der Waals surface area contributed by atoms with Gasteiger partial charge in [-0.1, -0.05) is 0 Å². The van der Waals surface area contributed by atoms with E-state index < -0.39 is 13.3 Å². The van der Waals surface area contributed by atoms with Crippen molar-refractivity contribution in [1.82, 2.24) is 0 Å². The fraction of sp³-hybridized carbons (Fsp3) is 0. The van der Waals surface area contributed by atoms with Crippen LogP contribution in [0.4, 0.5) is 0 Å². The molecule has 0 heterocycles. The van der Waals surface area contributed by atoms with Crippen LogP contribution >= 0.6 is 0 Å². The van der Waals surface area contributed by atoms with E-state index in [9.17, 15) is 5.11 Å². The van der Waals surface area contributed by atoms with Gasteiger partial charge in [-0.05, 0) is 0 Å². The molecule has 2 heteroatoms. The molecule has 4 aromatic rings. The minimum atomic E-state index is -3.13. The Hall–Kier alpha value is -2.78. The molecule has 0 aliphatic carbocycles. The van der Waals surface area contributed by atoms with Crippen LogP contribution in [0, 0.1) is 0 Å². The number of phenolic OH excluding ortho intramolecular Hbond substituents is 1. The van der Waals surface area contributed by atoms with Crippen LogP contribution < -0.4 is 17.6 Å². The number of hydrogen-bond acceptors (Lipinski definition) is 1. The van der Waals surface area contributed by atoms with Crippen molar-refractivity contribution < 1.29 is 5.11 Å². The third-order valence-electron chi connectivity index (χ3n) is 4.92. The van der Waals surface area contributed by atoms with Crippen molar-refractivity contribution in [3.8, 4) is 5.75 Å². The molecule has 0 aliphatic heterocycles. The number of hydrogen-bond donors (Lipinski definition) is 1. The Morgan fingerprint density at radius 3 is 1.04 bits per heavy atom. The van der Waals surface area contributed by atoms with Gasteiger partial charge in [-0.15, -0.1) is 0 Å². The molecule has 0 radical (unpaired) electrons. The molecular formula is C24H20GeO. The molecule has 0 amide bonds. The Labute approximate surface area is 156 Å². The molecule has 1 N–H and O–H groups in total. The standard InChI is InChI=1S/C24H20GeO/c26-24-18-16-23(17-19-24)25(20-10-4-1-5-11-20,21-12-6-2-7-13-21)22-14-8-3-9-15-22/h1-19,26H. The quantitative estimate of drug-likeness (QED) is 0.526. The normalized spacial score (nSPS) is 11.2. The molecule has 0 aromatic heterocycles. The van der Waals surface area contributed by atoms with Crippen LogP contribution in [0.5, 0.6) is 5.75 Å². The molecule has 0 bridgehead atoms. The predicted molar refractivity (Wildman–Crippen MR) is 112 cm³/mol. The zero-order valence-corrected chi connectivity index (χ0v) is 16.5. The second-order valence-electron chi connectivity index (χ2n) is 6.39. The Morgan fingerprint density at radius 1 is 0.385 bits per heavy atom. The van der Waals surface area contributed by atoms with Crippen molar-refractivity contribution >= 4 is 30.8 Å². The van der Waals surface area contributed by atoms with E-state index in [0.717, 1.165) is 0 Å². The first-order valence-corrected chi connectivity index (χ1v) is 13.0. The Morgan fingerprint density at radius 2 is 0.692 bits per heavy atom. The van der Waals surface area contributed by atoms with Crippen molar-refractivity contribution in [2.75, 3.05) is 0 Å². The molecule has 4 aromatic carbocycles. The minimum absolute atomic E-state index is 0.305. The van der Waals surface area contributed by atoms with E-state index in [1.165, 1.54) is 17.6 Å². The van der Waals surface area contributed by atoms with Gasteiger partial charge in [0.15, 0.2) is 0 Å². The first-order valence-electron chi connectivity index (χ1n) is 8.78. The molecular weight excluding hydrogens is 377 g/mol. The van der Waals surface area contributed by atoms with Crippen molar-refractivity contribution in [2.45, 2.75) is 0 Å². The van der Waals surface area contributed by atoms with Crippen molar-refractivity contribution in [3.05, 3.63) is 115 Å². The van der Waals surface area contributed by atoms with Crippen molar-refractivity contribution in [3.63, 3.8) is 0 Å². The Balaban J connectivity index is 2.12. The van der Waals surface area contributed by atoms with Crippen LogP contribution in [0.3, 0.4) is 0 Å². The summed E-state index contributed by atoms with van der Waals surface area (Å²) in [4.78, 5) is 0. The third-order valence-corrected chi connectivity index (χ3v) is 15.0.